The minimum Gasteiger partial charge on any atom is -0.346 e. The summed E-state index contributed by atoms with van der Waals surface area (Å²) in [6.45, 7) is 3.96. The summed E-state index contributed by atoms with van der Waals surface area (Å²) in [6.07, 6.45) is 7.90. The van der Waals surface area contributed by atoms with Crippen molar-refractivity contribution in [2.24, 2.45) is 5.73 Å². The highest BCUT2D eigenvalue weighted by molar-refractivity contribution is 5.83. The molecular formula is C14H20N4. The molecule has 0 aliphatic heterocycles. The molecule has 2 heterocycles. The number of nitrogens with two attached hydrogens (primary N) is 1. The Morgan fingerprint density at radius 3 is 2.61 bits per heavy atom. The minimum atomic E-state index is -0.195. The van der Waals surface area contributed by atoms with Crippen molar-refractivity contribution in [1.82, 2.24) is 15.0 Å². The Hall–Kier alpha value is -1.42. The maximum absolute atomic E-state index is 6.62. The van der Waals surface area contributed by atoms with Crippen LogP contribution in [0, 0.1) is 13.8 Å². The van der Waals surface area contributed by atoms with Gasteiger partial charge in [-0.25, -0.2) is 9.97 Å². The molecule has 1 aliphatic rings. The van der Waals surface area contributed by atoms with Crippen molar-refractivity contribution in [2.75, 3.05) is 0 Å². The molecule has 1 saturated carbocycles. The lowest BCUT2D eigenvalue weighted by atomic mass is 9.77. The standard InChI is InChI=1S/C14H20N4/c1-9-12-11(14(15)6-4-3-5-7-14)8-16-13(12)18-10(2)17-9/h8H,3-7,15H2,1-2H3,(H,16,17,18). The van der Waals surface area contributed by atoms with E-state index in [-0.39, 0.29) is 5.54 Å². The van der Waals surface area contributed by atoms with E-state index in [1.807, 2.05) is 20.0 Å². The molecule has 0 atom stereocenters. The molecule has 0 aromatic carbocycles. The van der Waals surface area contributed by atoms with Crippen molar-refractivity contribution < 1.29 is 0 Å². The Morgan fingerprint density at radius 2 is 1.89 bits per heavy atom. The number of hydrogen-bond acceptors (Lipinski definition) is 3. The highest BCUT2D eigenvalue weighted by atomic mass is 15.0. The first-order valence-corrected chi connectivity index (χ1v) is 6.72. The Labute approximate surface area is 107 Å². The first kappa shape index (κ1) is 11.7. The number of nitrogens with one attached hydrogen (secondary N) is 1. The van der Waals surface area contributed by atoms with Crippen LogP contribution in [0.2, 0.25) is 0 Å². The lowest BCUT2D eigenvalue weighted by molar-refractivity contribution is 0.304. The first-order valence-electron chi connectivity index (χ1n) is 6.72. The van der Waals surface area contributed by atoms with Crippen LogP contribution in [0.1, 0.15) is 49.2 Å². The summed E-state index contributed by atoms with van der Waals surface area (Å²) in [5, 5.41) is 1.13. The topological polar surface area (TPSA) is 67.6 Å². The maximum Gasteiger partial charge on any atom is 0.141 e. The lowest BCUT2D eigenvalue weighted by Crippen LogP contribution is -2.38. The molecule has 4 heteroatoms. The normalized spacial score (nSPS) is 19.3. The summed E-state index contributed by atoms with van der Waals surface area (Å²) >= 11 is 0. The van der Waals surface area contributed by atoms with Gasteiger partial charge in [0.05, 0.1) is 5.69 Å². The number of nitrogens with zero attached hydrogens (tertiary/aromatic N) is 2. The molecule has 2 aromatic heterocycles. The van der Waals surface area contributed by atoms with Crippen LogP contribution < -0.4 is 5.73 Å². The molecule has 1 aliphatic carbocycles. The van der Waals surface area contributed by atoms with Crippen molar-refractivity contribution in [3.8, 4) is 0 Å². The van der Waals surface area contributed by atoms with Crippen molar-refractivity contribution in [1.29, 1.82) is 0 Å². The van der Waals surface area contributed by atoms with Gasteiger partial charge in [0.15, 0.2) is 0 Å². The fourth-order valence-corrected chi connectivity index (χ4v) is 3.20. The van der Waals surface area contributed by atoms with Crippen LogP contribution in [0.3, 0.4) is 0 Å². The van der Waals surface area contributed by atoms with E-state index in [9.17, 15) is 0 Å². The van der Waals surface area contributed by atoms with Gasteiger partial charge < -0.3 is 10.7 Å². The van der Waals surface area contributed by atoms with Gasteiger partial charge in [0.1, 0.15) is 11.5 Å². The summed E-state index contributed by atoms with van der Waals surface area (Å²) in [6, 6.07) is 0. The number of aryl methyl sites for hydroxylation is 2. The summed E-state index contributed by atoms with van der Waals surface area (Å²) in [7, 11) is 0. The molecule has 0 radical (unpaired) electrons. The van der Waals surface area contributed by atoms with Crippen molar-refractivity contribution in [3.63, 3.8) is 0 Å². The van der Waals surface area contributed by atoms with Gasteiger partial charge in [0.2, 0.25) is 0 Å². The molecule has 3 N–H and O–H groups in total. The Morgan fingerprint density at radius 1 is 1.17 bits per heavy atom. The Balaban J connectivity index is 2.17. The second kappa shape index (κ2) is 4.05. The number of aromatic amines is 1. The third-order valence-electron chi connectivity index (χ3n) is 4.11. The first-order chi connectivity index (χ1) is 8.60. The molecule has 4 nitrogen and oxygen atoms in total. The Bertz CT molecular complexity index is 579. The monoisotopic (exact) mass is 244 g/mol. The van der Waals surface area contributed by atoms with Crippen LogP contribution in [-0.4, -0.2) is 15.0 Å². The van der Waals surface area contributed by atoms with Gasteiger partial charge in [-0.05, 0) is 26.7 Å². The third-order valence-corrected chi connectivity index (χ3v) is 4.11. The number of aromatic nitrogens is 3. The van der Waals surface area contributed by atoms with Crippen LogP contribution >= 0.6 is 0 Å². The number of H-pyrrole nitrogens is 1. The molecule has 96 valence electrons. The molecule has 3 rings (SSSR count). The number of rotatable bonds is 1. The smallest absolute Gasteiger partial charge is 0.141 e. The average Bonchev–Trinajstić information content (AvgIpc) is 2.74. The van der Waals surface area contributed by atoms with Crippen LogP contribution in [0.5, 0.6) is 0 Å². The molecule has 0 saturated heterocycles. The maximum atomic E-state index is 6.62. The van der Waals surface area contributed by atoms with E-state index in [0.717, 1.165) is 35.4 Å². The SMILES string of the molecule is Cc1nc(C)c2c(C3(N)CCCCC3)c[nH]c2n1. The van der Waals surface area contributed by atoms with E-state index in [1.54, 1.807) is 0 Å². The van der Waals surface area contributed by atoms with Gasteiger partial charge >= 0.3 is 0 Å². The van der Waals surface area contributed by atoms with Crippen LogP contribution in [0.25, 0.3) is 11.0 Å². The largest absolute Gasteiger partial charge is 0.346 e. The van der Waals surface area contributed by atoms with Gasteiger partial charge in [-0.2, -0.15) is 0 Å². The molecular weight excluding hydrogens is 224 g/mol. The predicted octanol–water partition coefficient (Wildman–Crippen LogP) is 2.69. The van der Waals surface area contributed by atoms with Gasteiger partial charge in [-0.1, -0.05) is 19.3 Å². The predicted molar refractivity (Wildman–Crippen MR) is 72.3 cm³/mol. The van der Waals surface area contributed by atoms with E-state index in [2.05, 4.69) is 15.0 Å². The summed E-state index contributed by atoms with van der Waals surface area (Å²) in [5.74, 6) is 0.808. The van der Waals surface area contributed by atoms with E-state index in [4.69, 9.17) is 5.73 Å². The molecule has 2 aromatic rings. The Kier molecular flexibility index (Phi) is 2.63. The van der Waals surface area contributed by atoms with Crippen LogP contribution in [0.15, 0.2) is 6.20 Å². The fourth-order valence-electron chi connectivity index (χ4n) is 3.20. The molecule has 0 spiro atoms. The highest BCUT2D eigenvalue weighted by Crippen LogP contribution is 2.38. The van der Waals surface area contributed by atoms with E-state index < -0.39 is 0 Å². The second-order valence-electron chi connectivity index (χ2n) is 5.50. The highest BCUT2D eigenvalue weighted by Gasteiger charge is 2.32. The molecule has 0 unspecified atom stereocenters. The number of hydrogen-bond donors (Lipinski definition) is 2. The molecule has 0 bridgehead atoms. The zero-order chi connectivity index (χ0) is 12.8. The van der Waals surface area contributed by atoms with E-state index >= 15 is 0 Å². The summed E-state index contributed by atoms with van der Waals surface area (Å²) in [5.41, 5.74) is 9.58. The lowest BCUT2D eigenvalue weighted by Gasteiger charge is -2.33. The van der Waals surface area contributed by atoms with Crippen molar-refractivity contribution >= 4 is 11.0 Å². The van der Waals surface area contributed by atoms with Gasteiger partial charge in [0, 0.05) is 22.7 Å². The van der Waals surface area contributed by atoms with Crippen LogP contribution in [0.4, 0.5) is 0 Å². The van der Waals surface area contributed by atoms with Gasteiger partial charge in [-0.3, -0.25) is 0 Å². The molecule has 0 amide bonds. The zero-order valence-corrected chi connectivity index (χ0v) is 11.1. The summed E-state index contributed by atoms with van der Waals surface area (Å²) < 4.78 is 0. The number of fused-ring (bicyclic) bond motifs is 1. The van der Waals surface area contributed by atoms with Crippen molar-refractivity contribution in [3.05, 3.63) is 23.3 Å². The quantitative estimate of drug-likeness (QED) is 0.810. The van der Waals surface area contributed by atoms with E-state index in [1.165, 1.54) is 24.8 Å². The van der Waals surface area contributed by atoms with Gasteiger partial charge in [-0.15, -0.1) is 0 Å². The molecule has 1 fully saturated rings. The summed E-state index contributed by atoms with van der Waals surface area (Å²) in [4.78, 5) is 12.2. The van der Waals surface area contributed by atoms with E-state index in [0.29, 0.717) is 0 Å². The van der Waals surface area contributed by atoms with Gasteiger partial charge in [0.25, 0.3) is 0 Å². The fraction of sp³-hybridized carbons (Fsp3) is 0.571. The minimum absolute atomic E-state index is 0.195. The zero-order valence-electron chi connectivity index (χ0n) is 11.1. The second-order valence-corrected chi connectivity index (χ2v) is 5.50. The average molecular weight is 244 g/mol. The van der Waals surface area contributed by atoms with Crippen LogP contribution in [-0.2, 0) is 5.54 Å². The van der Waals surface area contributed by atoms with Crippen molar-refractivity contribution in [2.45, 2.75) is 51.5 Å². The third kappa shape index (κ3) is 1.72. The molecule has 18 heavy (non-hydrogen) atoms.